The van der Waals surface area contributed by atoms with Gasteiger partial charge in [-0.3, -0.25) is 4.79 Å². The first-order valence-corrected chi connectivity index (χ1v) is 9.06. The predicted octanol–water partition coefficient (Wildman–Crippen LogP) is 6.19. The molecule has 3 aromatic rings. The van der Waals surface area contributed by atoms with Crippen LogP contribution in [0.4, 0.5) is 0 Å². The van der Waals surface area contributed by atoms with Crippen LogP contribution in [0, 0.1) is 0 Å². The van der Waals surface area contributed by atoms with Crippen LogP contribution in [-0.2, 0) is 6.61 Å². The van der Waals surface area contributed by atoms with Crippen molar-refractivity contribution >= 4 is 35.1 Å². The summed E-state index contributed by atoms with van der Waals surface area (Å²) in [6.07, 6.45) is 1.73. The van der Waals surface area contributed by atoms with Gasteiger partial charge in [0.15, 0.2) is 5.76 Å². The minimum atomic E-state index is -0.138. The van der Waals surface area contributed by atoms with Crippen LogP contribution in [0.3, 0.4) is 0 Å². The minimum absolute atomic E-state index is 0.138. The highest BCUT2D eigenvalue weighted by atomic mass is 35.5. The van der Waals surface area contributed by atoms with E-state index in [1.807, 2.05) is 36.4 Å². The van der Waals surface area contributed by atoms with Crippen molar-refractivity contribution in [2.45, 2.75) is 6.61 Å². The van der Waals surface area contributed by atoms with E-state index < -0.39 is 0 Å². The number of halogens is 2. The first-order chi connectivity index (χ1) is 13.1. The van der Waals surface area contributed by atoms with Crippen LogP contribution in [0.2, 0.25) is 10.0 Å². The lowest BCUT2D eigenvalue weighted by atomic mass is 10.1. The van der Waals surface area contributed by atoms with Gasteiger partial charge in [-0.2, -0.15) is 0 Å². The van der Waals surface area contributed by atoms with Crippen molar-refractivity contribution in [1.29, 1.82) is 0 Å². The smallest absolute Gasteiger partial charge is 0.231 e. The second-order valence-corrected chi connectivity index (χ2v) is 6.88. The topological polar surface area (TPSA) is 35.5 Å². The van der Waals surface area contributed by atoms with E-state index in [9.17, 15) is 4.79 Å². The lowest BCUT2D eigenvalue weighted by Crippen LogP contribution is -1.98. The van der Waals surface area contributed by atoms with Crippen molar-refractivity contribution in [1.82, 2.24) is 0 Å². The van der Waals surface area contributed by atoms with Crippen LogP contribution in [0.15, 0.2) is 72.5 Å². The number of ketones is 1. The Morgan fingerprint density at radius 3 is 2.56 bits per heavy atom. The van der Waals surface area contributed by atoms with Gasteiger partial charge in [0.25, 0.3) is 0 Å². The van der Waals surface area contributed by atoms with Gasteiger partial charge in [-0.15, -0.1) is 0 Å². The molecule has 0 fully saturated rings. The minimum Gasteiger partial charge on any atom is -0.489 e. The zero-order valence-corrected chi connectivity index (χ0v) is 15.6. The first kappa shape index (κ1) is 17.7. The molecule has 1 heterocycles. The monoisotopic (exact) mass is 396 g/mol. The van der Waals surface area contributed by atoms with Crippen molar-refractivity contribution in [3.63, 3.8) is 0 Å². The fourth-order valence-corrected chi connectivity index (χ4v) is 3.22. The third-order valence-electron chi connectivity index (χ3n) is 4.15. The highest BCUT2D eigenvalue weighted by molar-refractivity contribution is 6.35. The van der Waals surface area contributed by atoms with E-state index in [0.29, 0.717) is 32.9 Å². The van der Waals surface area contributed by atoms with E-state index in [-0.39, 0.29) is 12.4 Å². The Morgan fingerprint density at radius 2 is 1.78 bits per heavy atom. The molecule has 0 bridgehead atoms. The highest BCUT2D eigenvalue weighted by Gasteiger charge is 2.27. The molecule has 0 N–H and O–H groups in total. The summed E-state index contributed by atoms with van der Waals surface area (Å²) in [5, 5.41) is 1.12. The number of ether oxygens (including phenoxy) is 2. The van der Waals surface area contributed by atoms with E-state index in [0.717, 1.165) is 11.1 Å². The van der Waals surface area contributed by atoms with Crippen molar-refractivity contribution < 1.29 is 14.3 Å². The molecule has 0 aliphatic carbocycles. The normalized spacial score (nSPS) is 14.1. The van der Waals surface area contributed by atoms with Crippen molar-refractivity contribution in [3.05, 3.63) is 99.2 Å². The van der Waals surface area contributed by atoms with Gasteiger partial charge in [0, 0.05) is 21.7 Å². The number of fused-ring (bicyclic) bond motifs is 1. The summed E-state index contributed by atoms with van der Waals surface area (Å²) in [7, 11) is 0. The molecule has 4 rings (SSSR count). The Bertz CT molecular complexity index is 1040. The second kappa shape index (κ2) is 7.47. The molecule has 0 amide bonds. The maximum Gasteiger partial charge on any atom is 0.231 e. The SMILES string of the molecule is O=C1C(=Cc2ccccc2)Oc2cc(OCc3ccc(Cl)cc3Cl)ccc21. The summed E-state index contributed by atoms with van der Waals surface area (Å²) in [6, 6.07) is 20.0. The molecule has 3 aromatic carbocycles. The van der Waals surface area contributed by atoms with Crippen LogP contribution in [0.5, 0.6) is 11.5 Å². The van der Waals surface area contributed by atoms with E-state index in [1.165, 1.54) is 0 Å². The fourth-order valence-electron chi connectivity index (χ4n) is 2.76. The van der Waals surface area contributed by atoms with Crippen LogP contribution in [0.25, 0.3) is 6.08 Å². The van der Waals surface area contributed by atoms with Crippen LogP contribution >= 0.6 is 23.2 Å². The van der Waals surface area contributed by atoms with E-state index in [4.69, 9.17) is 32.7 Å². The summed E-state index contributed by atoms with van der Waals surface area (Å²) in [5.74, 6) is 1.24. The quantitative estimate of drug-likeness (QED) is 0.493. The van der Waals surface area contributed by atoms with Crippen LogP contribution in [0.1, 0.15) is 21.5 Å². The third-order valence-corrected chi connectivity index (χ3v) is 4.74. The van der Waals surface area contributed by atoms with Gasteiger partial charge < -0.3 is 9.47 Å². The Morgan fingerprint density at radius 1 is 0.963 bits per heavy atom. The van der Waals surface area contributed by atoms with Gasteiger partial charge in [-0.05, 0) is 35.9 Å². The van der Waals surface area contributed by atoms with Gasteiger partial charge >= 0.3 is 0 Å². The molecule has 0 atom stereocenters. The Labute approximate surface area is 166 Å². The molecule has 5 heteroatoms. The molecule has 0 unspecified atom stereocenters. The molecule has 134 valence electrons. The van der Waals surface area contributed by atoms with Gasteiger partial charge in [0.1, 0.15) is 18.1 Å². The number of allylic oxidation sites excluding steroid dienone is 1. The number of carbonyl (C=O) groups excluding carboxylic acids is 1. The summed E-state index contributed by atoms with van der Waals surface area (Å²) < 4.78 is 11.5. The lowest BCUT2D eigenvalue weighted by molar-refractivity contribution is 0.101. The van der Waals surface area contributed by atoms with Crippen molar-refractivity contribution in [2.24, 2.45) is 0 Å². The van der Waals surface area contributed by atoms with Crippen molar-refractivity contribution in [3.8, 4) is 11.5 Å². The Hall–Kier alpha value is -2.75. The van der Waals surface area contributed by atoms with Crippen molar-refractivity contribution in [2.75, 3.05) is 0 Å². The molecule has 27 heavy (non-hydrogen) atoms. The Balaban J connectivity index is 1.51. The van der Waals surface area contributed by atoms with Gasteiger partial charge in [-0.1, -0.05) is 59.6 Å². The zero-order valence-electron chi connectivity index (χ0n) is 14.1. The van der Waals surface area contributed by atoms with Gasteiger partial charge in [0.05, 0.1) is 5.56 Å². The summed E-state index contributed by atoms with van der Waals surface area (Å²) >= 11 is 12.1. The average Bonchev–Trinajstić information content (AvgIpc) is 2.97. The maximum atomic E-state index is 12.5. The summed E-state index contributed by atoms with van der Waals surface area (Å²) in [6.45, 7) is 0.287. The number of rotatable bonds is 4. The lowest BCUT2D eigenvalue weighted by Gasteiger charge is -2.09. The maximum absolute atomic E-state index is 12.5. The summed E-state index contributed by atoms with van der Waals surface area (Å²) in [4.78, 5) is 12.5. The first-order valence-electron chi connectivity index (χ1n) is 8.30. The van der Waals surface area contributed by atoms with E-state index >= 15 is 0 Å². The zero-order chi connectivity index (χ0) is 18.8. The van der Waals surface area contributed by atoms with Crippen LogP contribution in [-0.4, -0.2) is 5.78 Å². The van der Waals surface area contributed by atoms with Gasteiger partial charge in [0.2, 0.25) is 5.78 Å². The number of carbonyl (C=O) groups is 1. The molecule has 0 spiro atoms. The molecule has 1 aliphatic heterocycles. The molecule has 0 saturated carbocycles. The Kier molecular flexibility index (Phi) is 4.88. The number of hydrogen-bond acceptors (Lipinski definition) is 3. The van der Waals surface area contributed by atoms with Gasteiger partial charge in [-0.25, -0.2) is 0 Å². The largest absolute Gasteiger partial charge is 0.489 e. The second-order valence-electron chi connectivity index (χ2n) is 6.03. The molecule has 0 aromatic heterocycles. The van der Waals surface area contributed by atoms with E-state index in [2.05, 4.69) is 0 Å². The fraction of sp³-hybridized carbons (Fsp3) is 0.0455. The average molecular weight is 397 g/mol. The van der Waals surface area contributed by atoms with Crippen LogP contribution < -0.4 is 9.47 Å². The number of benzene rings is 3. The number of hydrogen-bond donors (Lipinski definition) is 0. The molecular weight excluding hydrogens is 383 g/mol. The molecule has 0 saturated heterocycles. The highest BCUT2D eigenvalue weighted by Crippen LogP contribution is 2.35. The van der Waals surface area contributed by atoms with E-state index in [1.54, 1.807) is 36.4 Å². The number of Topliss-reactive ketones (excluding diaryl/α,β-unsaturated/α-hetero) is 1. The molecule has 0 radical (unpaired) electrons. The molecular formula is C22H14Cl2O3. The predicted molar refractivity (Wildman–Crippen MR) is 107 cm³/mol. The standard InChI is InChI=1S/C22H14Cl2O3/c23-16-7-6-15(19(24)11-16)13-26-17-8-9-18-20(12-17)27-21(22(18)25)10-14-4-2-1-3-5-14/h1-12H,13H2. The summed E-state index contributed by atoms with van der Waals surface area (Å²) in [5.41, 5.74) is 2.25. The molecule has 1 aliphatic rings. The third kappa shape index (κ3) is 3.85. The molecule has 3 nitrogen and oxygen atoms in total.